The zero-order chi connectivity index (χ0) is 34.0. The van der Waals surface area contributed by atoms with Gasteiger partial charge in [-0.15, -0.1) is 12.4 Å². The summed E-state index contributed by atoms with van der Waals surface area (Å²) in [6.45, 7) is 3.59. The van der Waals surface area contributed by atoms with Gasteiger partial charge < -0.3 is 28.7 Å². The SMILES string of the molecule is COc1cc2c(cc1OC)N(C(=O)c1ccc(-c3ccccc3C(F)(F)F)c(C)c1)Cc1ccc(C(=O)N(C)CCCN(C)C)n1C2.Cl. The summed E-state index contributed by atoms with van der Waals surface area (Å²) in [5.74, 6) is 0.442. The molecule has 0 saturated heterocycles. The quantitative estimate of drug-likeness (QED) is 0.187. The van der Waals surface area contributed by atoms with Gasteiger partial charge in [-0.2, -0.15) is 13.2 Å². The molecule has 0 aliphatic carbocycles. The first-order chi connectivity index (χ1) is 22.3. The molecular weight excluding hydrogens is 645 g/mol. The van der Waals surface area contributed by atoms with Gasteiger partial charge in [0.15, 0.2) is 11.5 Å². The first-order valence-corrected chi connectivity index (χ1v) is 15.3. The zero-order valence-electron chi connectivity index (χ0n) is 27.9. The fourth-order valence-corrected chi connectivity index (χ4v) is 6.05. The second kappa shape index (κ2) is 14.7. The van der Waals surface area contributed by atoms with Crippen molar-refractivity contribution in [1.82, 2.24) is 14.4 Å². The summed E-state index contributed by atoms with van der Waals surface area (Å²) in [7, 11) is 8.81. The molecule has 0 atom stereocenters. The molecule has 8 nitrogen and oxygen atoms in total. The molecule has 48 heavy (non-hydrogen) atoms. The van der Waals surface area contributed by atoms with Crippen molar-refractivity contribution >= 4 is 29.9 Å². The summed E-state index contributed by atoms with van der Waals surface area (Å²) in [5, 5.41) is 0. The molecular formula is C36H40ClF3N4O4. The van der Waals surface area contributed by atoms with Crippen molar-refractivity contribution in [3.8, 4) is 22.6 Å². The maximum atomic E-state index is 14.3. The third-order valence-electron chi connectivity index (χ3n) is 8.50. The Balaban J connectivity index is 0.00000520. The van der Waals surface area contributed by atoms with Crippen molar-refractivity contribution in [3.63, 3.8) is 0 Å². The molecule has 0 radical (unpaired) electrons. The second-order valence-corrected chi connectivity index (χ2v) is 12.0. The van der Waals surface area contributed by atoms with Crippen molar-refractivity contribution < 1.29 is 32.2 Å². The molecule has 0 N–H and O–H groups in total. The van der Waals surface area contributed by atoms with Crippen molar-refractivity contribution in [3.05, 3.63) is 100 Å². The van der Waals surface area contributed by atoms with Gasteiger partial charge in [-0.3, -0.25) is 9.59 Å². The van der Waals surface area contributed by atoms with Gasteiger partial charge in [-0.1, -0.05) is 24.3 Å². The number of anilines is 1. The predicted octanol–water partition coefficient (Wildman–Crippen LogP) is 7.15. The molecule has 0 bridgehead atoms. The molecule has 3 aromatic carbocycles. The van der Waals surface area contributed by atoms with Crippen LogP contribution in [0.25, 0.3) is 11.1 Å². The van der Waals surface area contributed by atoms with Crippen LogP contribution in [0.2, 0.25) is 0 Å². The number of carbonyl (C=O) groups excluding carboxylic acids is 2. The van der Waals surface area contributed by atoms with Gasteiger partial charge in [-0.05, 0) is 92.6 Å². The lowest BCUT2D eigenvalue weighted by atomic mass is 9.94. The fourth-order valence-electron chi connectivity index (χ4n) is 6.05. The minimum absolute atomic E-state index is 0. The molecule has 5 rings (SSSR count). The highest BCUT2D eigenvalue weighted by atomic mass is 35.5. The second-order valence-electron chi connectivity index (χ2n) is 12.0. The topological polar surface area (TPSA) is 67.2 Å². The van der Waals surface area contributed by atoms with Crippen LogP contribution in [-0.4, -0.2) is 74.6 Å². The average molecular weight is 685 g/mol. The number of benzene rings is 3. The number of halogens is 4. The van der Waals surface area contributed by atoms with Crippen molar-refractivity contribution in [2.45, 2.75) is 32.6 Å². The highest BCUT2D eigenvalue weighted by molar-refractivity contribution is 6.07. The Bertz CT molecular complexity index is 1800. The lowest BCUT2D eigenvalue weighted by molar-refractivity contribution is -0.137. The van der Waals surface area contributed by atoms with E-state index >= 15 is 0 Å². The molecule has 1 aromatic heterocycles. The van der Waals surface area contributed by atoms with E-state index in [-0.39, 0.29) is 36.3 Å². The lowest BCUT2D eigenvalue weighted by Gasteiger charge is -2.24. The Morgan fingerprint density at radius 3 is 2.19 bits per heavy atom. The van der Waals surface area contributed by atoms with E-state index < -0.39 is 11.7 Å². The first kappa shape index (κ1) is 36.4. The van der Waals surface area contributed by atoms with Gasteiger partial charge in [0.1, 0.15) is 5.69 Å². The standard InChI is InChI=1S/C36H39F3N4O4.ClH/c1-23-18-24(12-14-27(23)28-10-7-8-11-29(28)36(37,38)39)34(44)43-22-26-13-15-30(35(45)41(4)17-9-16-40(2)3)42(26)21-25-19-32(46-5)33(47-6)20-31(25)43;/h7-8,10-15,18-20H,9,16-17,21-22H2,1-6H3;1H. The number of carbonyl (C=O) groups is 2. The molecule has 256 valence electrons. The number of fused-ring (bicyclic) bond motifs is 2. The van der Waals surface area contributed by atoms with Crippen LogP contribution >= 0.6 is 12.4 Å². The van der Waals surface area contributed by atoms with Gasteiger partial charge in [0.05, 0.1) is 38.6 Å². The van der Waals surface area contributed by atoms with E-state index in [4.69, 9.17) is 9.47 Å². The molecule has 1 aliphatic heterocycles. The van der Waals surface area contributed by atoms with Gasteiger partial charge in [0.25, 0.3) is 11.8 Å². The third kappa shape index (κ3) is 7.32. The predicted molar refractivity (Wildman–Crippen MR) is 183 cm³/mol. The highest BCUT2D eigenvalue weighted by Gasteiger charge is 2.34. The van der Waals surface area contributed by atoms with Gasteiger partial charge in [0.2, 0.25) is 0 Å². The third-order valence-corrected chi connectivity index (χ3v) is 8.50. The summed E-state index contributed by atoms with van der Waals surface area (Å²) in [6, 6.07) is 17.3. The lowest BCUT2D eigenvalue weighted by Crippen LogP contribution is -2.32. The van der Waals surface area contributed by atoms with Crippen molar-refractivity contribution in [1.29, 1.82) is 0 Å². The smallest absolute Gasteiger partial charge is 0.417 e. The minimum Gasteiger partial charge on any atom is -0.493 e. The Morgan fingerprint density at radius 2 is 1.54 bits per heavy atom. The average Bonchev–Trinajstić information content (AvgIpc) is 3.36. The normalized spacial score (nSPS) is 12.5. The fraction of sp³-hybridized carbons (Fsp3) is 0.333. The molecule has 0 fully saturated rings. The zero-order valence-corrected chi connectivity index (χ0v) is 28.7. The van der Waals surface area contributed by atoms with Gasteiger partial charge in [-0.25, -0.2) is 0 Å². The summed E-state index contributed by atoms with van der Waals surface area (Å²) in [5.41, 5.74) is 3.13. The van der Waals surface area contributed by atoms with Crippen LogP contribution in [0.5, 0.6) is 11.5 Å². The first-order valence-electron chi connectivity index (χ1n) is 15.3. The van der Waals surface area contributed by atoms with E-state index in [9.17, 15) is 22.8 Å². The molecule has 1 aliphatic rings. The summed E-state index contributed by atoms with van der Waals surface area (Å²) in [6.07, 6.45) is -3.70. The number of nitrogens with zero attached hydrogens (tertiary/aromatic N) is 4. The van der Waals surface area contributed by atoms with Crippen LogP contribution in [0.15, 0.2) is 66.7 Å². The molecule has 0 saturated carbocycles. The van der Waals surface area contributed by atoms with Gasteiger partial charge in [0, 0.05) is 30.9 Å². The summed E-state index contributed by atoms with van der Waals surface area (Å²) >= 11 is 0. The highest BCUT2D eigenvalue weighted by Crippen LogP contribution is 2.41. The van der Waals surface area contributed by atoms with Crippen LogP contribution in [-0.2, 0) is 19.3 Å². The summed E-state index contributed by atoms with van der Waals surface area (Å²) in [4.78, 5) is 33.3. The minimum atomic E-state index is -4.52. The largest absolute Gasteiger partial charge is 0.493 e. The van der Waals surface area contributed by atoms with E-state index in [1.807, 2.05) is 24.7 Å². The number of hydrogen-bond donors (Lipinski definition) is 0. The van der Waals surface area contributed by atoms with Crippen LogP contribution in [0.1, 0.15) is 49.7 Å². The molecule has 4 aromatic rings. The van der Waals surface area contributed by atoms with Crippen LogP contribution < -0.4 is 14.4 Å². The number of methoxy groups -OCH3 is 2. The van der Waals surface area contributed by atoms with Crippen molar-refractivity contribution in [2.75, 3.05) is 53.4 Å². The van der Waals surface area contributed by atoms with E-state index in [1.54, 1.807) is 66.2 Å². The number of ether oxygens (including phenoxy) is 2. The number of hydrogen-bond acceptors (Lipinski definition) is 5. The molecule has 2 amide bonds. The van der Waals surface area contributed by atoms with Crippen LogP contribution in [0, 0.1) is 6.92 Å². The van der Waals surface area contributed by atoms with E-state index in [0.717, 1.165) is 30.3 Å². The number of rotatable bonds is 9. The van der Waals surface area contributed by atoms with Crippen molar-refractivity contribution in [2.24, 2.45) is 0 Å². The molecule has 0 spiro atoms. The molecule has 2 heterocycles. The monoisotopic (exact) mass is 684 g/mol. The van der Waals surface area contributed by atoms with Gasteiger partial charge >= 0.3 is 6.18 Å². The Morgan fingerprint density at radius 1 is 0.854 bits per heavy atom. The Kier molecular flexibility index (Phi) is 11.2. The van der Waals surface area contributed by atoms with E-state index in [0.29, 0.717) is 52.7 Å². The number of amides is 2. The van der Waals surface area contributed by atoms with Crippen LogP contribution in [0.4, 0.5) is 18.9 Å². The molecule has 12 heteroatoms. The Hall–Kier alpha value is -4.48. The summed E-state index contributed by atoms with van der Waals surface area (Å²) < 4.78 is 54.5. The molecule has 0 unspecified atom stereocenters. The Labute approximate surface area is 285 Å². The van der Waals surface area contributed by atoms with E-state index in [2.05, 4.69) is 4.90 Å². The number of aromatic nitrogens is 1. The van der Waals surface area contributed by atoms with E-state index in [1.165, 1.54) is 26.4 Å². The number of aryl methyl sites for hydroxylation is 1. The maximum absolute atomic E-state index is 14.3. The number of alkyl halides is 3. The van der Waals surface area contributed by atoms with Crippen LogP contribution in [0.3, 0.4) is 0 Å². The maximum Gasteiger partial charge on any atom is 0.417 e.